The lowest BCUT2D eigenvalue weighted by Crippen LogP contribution is -2.27. The summed E-state index contributed by atoms with van der Waals surface area (Å²) in [5, 5.41) is 14.9. The van der Waals surface area contributed by atoms with Gasteiger partial charge in [-0.25, -0.2) is 15.0 Å². The average molecular weight is 590 g/mol. The van der Waals surface area contributed by atoms with Gasteiger partial charge in [-0.15, -0.1) is 11.3 Å². The molecule has 214 valence electrons. The molecule has 1 unspecified atom stereocenters. The van der Waals surface area contributed by atoms with E-state index in [9.17, 15) is 9.90 Å². The zero-order chi connectivity index (χ0) is 29.3. The Morgan fingerprint density at radius 2 is 1.95 bits per heavy atom. The zero-order valence-corrected chi connectivity index (χ0v) is 23.9. The summed E-state index contributed by atoms with van der Waals surface area (Å²) in [5.74, 6) is 1.07. The number of pyridine rings is 1. The van der Waals surface area contributed by atoms with Crippen LogP contribution < -0.4 is 15.6 Å². The number of rotatable bonds is 9. The molecule has 0 aliphatic carbocycles. The van der Waals surface area contributed by atoms with Crippen LogP contribution in [-0.4, -0.2) is 53.8 Å². The molecule has 0 spiro atoms. The summed E-state index contributed by atoms with van der Waals surface area (Å²) in [6, 6.07) is 21.4. The minimum atomic E-state index is -0.855. The summed E-state index contributed by atoms with van der Waals surface area (Å²) in [6.07, 6.45) is 6.04. The Balaban J connectivity index is 1.08. The minimum Gasteiger partial charge on any atom is -0.490 e. The number of nitrogens with one attached hydrogen (secondary N) is 3. The van der Waals surface area contributed by atoms with Gasteiger partial charge in [0.15, 0.2) is 0 Å². The van der Waals surface area contributed by atoms with Gasteiger partial charge in [-0.3, -0.25) is 4.79 Å². The highest BCUT2D eigenvalue weighted by Crippen LogP contribution is 2.35. The number of aryl methyl sites for hydroxylation is 1. The normalized spacial score (nSPS) is 12.1. The van der Waals surface area contributed by atoms with Gasteiger partial charge in [-0.05, 0) is 55.0 Å². The Kier molecular flexibility index (Phi) is 6.93. The second kappa shape index (κ2) is 11.2. The number of thiazole rings is 1. The largest absolute Gasteiger partial charge is 0.490 e. The Morgan fingerprint density at radius 3 is 2.81 bits per heavy atom. The van der Waals surface area contributed by atoms with Crippen molar-refractivity contribution in [3.63, 3.8) is 0 Å². The van der Waals surface area contributed by atoms with Gasteiger partial charge < -0.3 is 29.7 Å². The van der Waals surface area contributed by atoms with Crippen LogP contribution in [0.2, 0.25) is 0 Å². The van der Waals surface area contributed by atoms with Gasteiger partial charge in [0.2, 0.25) is 0 Å². The molecule has 0 fully saturated rings. The monoisotopic (exact) mass is 589 g/mol. The number of aromatic nitrogens is 6. The molecule has 0 radical (unpaired) electrons. The third-order valence-corrected chi connectivity index (χ3v) is 8.20. The maximum atomic E-state index is 13.0. The molecule has 0 aliphatic heterocycles. The van der Waals surface area contributed by atoms with E-state index in [-0.39, 0.29) is 18.7 Å². The number of anilines is 1. The van der Waals surface area contributed by atoms with Gasteiger partial charge in [0.05, 0.1) is 38.8 Å². The third kappa shape index (κ3) is 5.27. The average Bonchev–Trinajstić information content (AvgIpc) is 3.79. The number of benzene rings is 3. The van der Waals surface area contributed by atoms with Crippen LogP contribution in [0.1, 0.15) is 5.56 Å². The zero-order valence-electron chi connectivity index (χ0n) is 23.1. The summed E-state index contributed by atoms with van der Waals surface area (Å²) < 4.78 is 9.07. The van der Waals surface area contributed by atoms with Crippen molar-refractivity contribution in [1.29, 1.82) is 0 Å². The molecule has 0 bridgehead atoms. The molecule has 0 saturated heterocycles. The van der Waals surface area contributed by atoms with Crippen molar-refractivity contribution >= 4 is 38.3 Å². The fourth-order valence-corrected chi connectivity index (χ4v) is 6.04. The lowest BCUT2D eigenvalue weighted by Gasteiger charge is -2.16. The quantitative estimate of drug-likeness (QED) is 0.174. The van der Waals surface area contributed by atoms with E-state index in [1.165, 1.54) is 0 Å². The molecule has 43 heavy (non-hydrogen) atoms. The smallest absolute Gasteiger partial charge is 0.261 e. The Bertz CT molecular complexity index is 2080. The highest BCUT2D eigenvalue weighted by Gasteiger charge is 2.18. The number of aromatic amines is 2. The molecule has 0 aliphatic rings. The number of nitrogens with zero attached hydrogens (tertiary/aromatic N) is 4. The number of aliphatic hydroxyl groups is 1. The summed E-state index contributed by atoms with van der Waals surface area (Å²) in [6.45, 7) is 2.19. The number of aliphatic hydroxyl groups excluding tert-OH is 1. The first-order valence-corrected chi connectivity index (χ1v) is 14.6. The van der Waals surface area contributed by atoms with E-state index in [2.05, 4.69) is 20.3 Å². The number of imidazole rings is 2. The molecule has 3 aromatic carbocycles. The van der Waals surface area contributed by atoms with Gasteiger partial charge in [0.1, 0.15) is 34.9 Å². The van der Waals surface area contributed by atoms with E-state index in [4.69, 9.17) is 14.7 Å². The Labute approximate surface area is 249 Å². The molecular weight excluding hydrogens is 562 g/mol. The number of para-hydroxylation sites is 2. The first kappa shape index (κ1) is 26.6. The van der Waals surface area contributed by atoms with Crippen LogP contribution in [0.25, 0.3) is 48.9 Å². The molecule has 11 heteroatoms. The van der Waals surface area contributed by atoms with E-state index < -0.39 is 6.10 Å². The number of H-pyrrole nitrogens is 2. The van der Waals surface area contributed by atoms with Gasteiger partial charge in [0, 0.05) is 30.8 Å². The lowest BCUT2D eigenvalue weighted by molar-refractivity contribution is 0.118. The topological polar surface area (TPSA) is 134 Å². The van der Waals surface area contributed by atoms with Crippen LogP contribution in [0, 0.1) is 6.92 Å². The molecule has 0 saturated carbocycles. The number of hydrogen-bond donors (Lipinski definition) is 4. The highest BCUT2D eigenvalue weighted by atomic mass is 32.1. The van der Waals surface area contributed by atoms with Gasteiger partial charge in [-0.1, -0.05) is 24.3 Å². The first-order chi connectivity index (χ1) is 21.0. The highest BCUT2D eigenvalue weighted by molar-refractivity contribution is 7.21. The summed E-state index contributed by atoms with van der Waals surface area (Å²) in [4.78, 5) is 32.7. The van der Waals surface area contributed by atoms with Crippen LogP contribution in [0.4, 0.5) is 5.69 Å². The fraction of sp³-hybridized carbons (Fsp3) is 0.125. The van der Waals surface area contributed by atoms with Crippen molar-refractivity contribution in [2.75, 3.05) is 18.5 Å². The SMILES string of the molecule is Cc1cc(-n2ccnc2)cc2[nH]c(-c3c(NCC(O)COc4ccccc4-c4nc5ccccc5s4)cc[nH]c3=O)nc12. The second-order valence-corrected chi connectivity index (χ2v) is 11.2. The maximum absolute atomic E-state index is 13.0. The van der Waals surface area contributed by atoms with Crippen LogP contribution in [-0.2, 0) is 0 Å². The maximum Gasteiger partial charge on any atom is 0.261 e. The standard InChI is InChI=1S/C32H27N7O3S/c1-19-14-20(39-13-12-33-18-39)15-25-29(19)38-30(36-25)28-24(10-11-34-31(28)41)35-16-21(40)17-42-26-8-4-2-6-22(26)32-37-23-7-3-5-9-27(23)43-32/h2-15,18,21,40H,16-17H2,1H3,(H,36,38)(H2,34,35,41). The minimum absolute atomic E-state index is 0.0499. The number of fused-ring (bicyclic) bond motifs is 2. The summed E-state index contributed by atoms with van der Waals surface area (Å²) in [5.41, 5.74) is 5.88. The van der Waals surface area contributed by atoms with E-state index in [0.717, 1.165) is 43.1 Å². The lowest BCUT2D eigenvalue weighted by atomic mass is 10.2. The van der Waals surface area contributed by atoms with Crippen LogP contribution in [0.5, 0.6) is 5.75 Å². The molecule has 7 rings (SSSR count). The van der Waals surface area contributed by atoms with E-state index >= 15 is 0 Å². The second-order valence-electron chi connectivity index (χ2n) is 10.1. The van der Waals surface area contributed by atoms with Crippen LogP contribution >= 0.6 is 11.3 Å². The first-order valence-electron chi connectivity index (χ1n) is 13.7. The van der Waals surface area contributed by atoms with Crippen molar-refractivity contribution in [2.24, 2.45) is 0 Å². The van der Waals surface area contributed by atoms with Crippen molar-refractivity contribution < 1.29 is 9.84 Å². The summed E-state index contributed by atoms with van der Waals surface area (Å²) in [7, 11) is 0. The molecule has 4 aromatic heterocycles. The molecule has 4 N–H and O–H groups in total. The molecule has 10 nitrogen and oxygen atoms in total. The van der Waals surface area contributed by atoms with Gasteiger partial charge in [-0.2, -0.15) is 0 Å². The van der Waals surface area contributed by atoms with E-state index in [1.807, 2.05) is 78.4 Å². The molecule has 1 atom stereocenters. The molecular formula is C32H27N7O3S. The van der Waals surface area contributed by atoms with Crippen molar-refractivity contribution in [2.45, 2.75) is 13.0 Å². The molecule has 4 heterocycles. The fourth-order valence-electron chi connectivity index (χ4n) is 5.04. The van der Waals surface area contributed by atoms with E-state index in [0.29, 0.717) is 22.8 Å². The van der Waals surface area contributed by atoms with Crippen LogP contribution in [0.3, 0.4) is 0 Å². The predicted molar refractivity (Wildman–Crippen MR) is 169 cm³/mol. The van der Waals surface area contributed by atoms with Crippen LogP contribution in [0.15, 0.2) is 96.4 Å². The van der Waals surface area contributed by atoms with Crippen molar-refractivity contribution in [3.05, 3.63) is 108 Å². The molecule has 0 amide bonds. The number of hydrogen-bond acceptors (Lipinski definition) is 8. The van der Waals surface area contributed by atoms with Crippen molar-refractivity contribution in [3.8, 4) is 33.4 Å². The third-order valence-electron chi connectivity index (χ3n) is 7.13. The Hall–Kier alpha value is -5.26. The van der Waals surface area contributed by atoms with Gasteiger partial charge in [0.25, 0.3) is 5.56 Å². The van der Waals surface area contributed by atoms with Crippen molar-refractivity contribution in [1.82, 2.24) is 29.5 Å². The summed E-state index contributed by atoms with van der Waals surface area (Å²) >= 11 is 1.60. The molecule has 7 aromatic rings. The Morgan fingerprint density at radius 1 is 1.09 bits per heavy atom. The van der Waals surface area contributed by atoms with Gasteiger partial charge >= 0.3 is 0 Å². The van der Waals surface area contributed by atoms with E-state index in [1.54, 1.807) is 36.1 Å². The number of ether oxygens (including phenoxy) is 1. The predicted octanol–water partition coefficient (Wildman–Crippen LogP) is 5.54.